The molecule has 1 aromatic carbocycles. The smallest absolute Gasteiger partial charge is 0.126 e. The second-order valence-electron chi connectivity index (χ2n) is 5.20. The molecule has 0 aromatic heterocycles. The molecule has 1 saturated heterocycles. The third kappa shape index (κ3) is 3.53. The average Bonchev–Trinajstić information content (AvgIpc) is 2.86. The molecule has 1 N–H and O–H groups in total. The average molecular weight is 250 g/mol. The van der Waals surface area contributed by atoms with Gasteiger partial charge >= 0.3 is 0 Å². The Labute approximate surface area is 109 Å². The van der Waals surface area contributed by atoms with Gasteiger partial charge in [-0.2, -0.15) is 0 Å². The zero-order valence-electron chi connectivity index (χ0n) is 11.4. The Morgan fingerprint density at radius 2 is 2.28 bits per heavy atom. The largest absolute Gasteiger partial charge is 0.313 e. The lowest BCUT2D eigenvalue weighted by Crippen LogP contribution is -2.37. The number of nitrogens with zero attached hydrogens (tertiary/aromatic N) is 1. The Morgan fingerprint density at radius 3 is 2.89 bits per heavy atom. The minimum absolute atomic E-state index is 0.112. The molecule has 3 heteroatoms. The van der Waals surface area contributed by atoms with Crippen LogP contribution in [0.2, 0.25) is 0 Å². The highest BCUT2D eigenvalue weighted by molar-refractivity contribution is 5.23. The monoisotopic (exact) mass is 250 g/mol. The van der Waals surface area contributed by atoms with Crippen molar-refractivity contribution >= 4 is 0 Å². The SMILES string of the molecule is CCN(Cc1ccc(F)c(C)c1)CC1CCCN1. The first-order valence-electron chi connectivity index (χ1n) is 6.90. The van der Waals surface area contributed by atoms with E-state index in [-0.39, 0.29) is 5.82 Å². The highest BCUT2D eigenvalue weighted by Gasteiger charge is 2.17. The van der Waals surface area contributed by atoms with Gasteiger partial charge in [-0.25, -0.2) is 4.39 Å². The van der Waals surface area contributed by atoms with Crippen LogP contribution in [0.4, 0.5) is 4.39 Å². The molecule has 2 nitrogen and oxygen atoms in total. The van der Waals surface area contributed by atoms with Gasteiger partial charge in [-0.3, -0.25) is 4.90 Å². The van der Waals surface area contributed by atoms with Crippen molar-refractivity contribution in [3.8, 4) is 0 Å². The maximum atomic E-state index is 13.2. The number of benzene rings is 1. The second kappa shape index (κ2) is 6.30. The Bertz CT molecular complexity index is 386. The maximum absolute atomic E-state index is 13.2. The molecule has 1 atom stereocenters. The van der Waals surface area contributed by atoms with Crippen LogP contribution in [0.15, 0.2) is 18.2 Å². The first-order valence-corrected chi connectivity index (χ1v) is 6.90. The molecule has 2 rings (SSSR count). The van der Waals surface area contributed by atoms with Gasteiger partial charge in [-0.1, -0.05) is 19.1 Å². The molecule has 1 aliphatic rings. The van der Waals surface area contributed by atoms with E-state index in [0.29, 0.717) is 6.04 Å². The van der Waals surface area contributed by atoms with Gasteiger partial charge in [0.05, 0.1) is 0 Å². The Kier molecular flexibility index (Phi) is 4.72. The summed E-state index contributed by atoms with van der Waals surface area (Å²) >= 11 is 0. The fraction of sp³-hybridized carbons (Fsp3) is 0.600. The van der Waals surface area contributed by atoms with Gasteiger partial charge < -0.3 is 5.32 Å². The molecule has 18 heavy (non-hydrogen) atoms. The summed E-state index contributed by atoms with van der Waals surface area (Å²) in [6, 6.07) is 6.06. The van der Waals surface area contributed by atoms with Crippen molar-refractivity contribution in [1.82, 2.24) is 10.2 Å². The van der Waals surface area contributed by atoms with Crippen molar-refractivity contribution in [3.05, 3.63) is 35.1 Å². The molecular formula is C15H23FN2. The molecule has 0 radical (unpaired) electrons. The minimum atomic E-state index is -0.112. The van der Waals surface area contributed by atoms with Gasteiger partial charge in [0.25, 0.3) is 0 Å². The first-order chi connectivity index (χ1) is 8.69. The van der Waals surface area contributed by atoms with Gasteiger partial charge in [0.15, 0.2) is 0 Å². The molecule has 1 aromatic rings. The molecule has 1 heterocycles. The molecule has 1 unspecified atom stereocenters. The summed E-state index contributed by atoms with van der Waals surface area (Å²) in [4.78, 5) is 2.43. The number of hydrogen-bond donors (Lipinski definition) is 1. The Balaban J connectivity index is 1.94. The van der Waals surface area contributed by atoms with E-state index in [1.165, 1.54) is 18.4 Å². The molecular weight excluding hydrogens is 227 g/mol. The number of hydrogen-bond acceptors (Lipinski definition) is 2. The van der Waals surface area contributed by atoms with Crippen molar-refractivity contribution in [2.45, 2.75) is 39.3 Å². The van der Waals surface area contributed by atoms with E-state index in [4.69, 9.17) is 0 Å². The van der Waals surface area contributed by atoms with E-state index in [1.807, 2.05) is 19.1 Å². The molecule has 0 amide bonds. The van der Waals surface area contributed by atoms with E-state index in [9.17, 15) is 4.39 Å². The van der Waals surface area contributed by atoms with E-state index < -0.39 is 0 Å². The molecule has 1 fully saturated rings. The molecule has 0 spiro atoms. The summed E-state index contributed by atoms with van der Waals surface area (Å²) in [5, 5.41) is 3.53. The third-order valence-electron chi connectivity index (χ3n) is 3.72. The zero-order valence-corrected chi connectivity index (χ0v) is 11.4. The minimum Gasteiger partial charge on any atom is -0.313 e. The van der Waals surface area contributed by atoms with Gasteiger partial charge in [-0.15, -0.1) is 0 Å². The summed E-state index contributed by atoms with van der Waals surface area (Å²) < 4.78 is 13.2. The van der Waals surface area contributed by atoms with E-state index in [2.05, 4.69) is 17.1 Å². The van der Waals surface area contributed by atoms with Gasteiger partial charge in [-0.05, 0) is 50.0 Å². The zero-order chi connectivity index (χ0) is 13.0. The van der Waals surface area contributed by atoms with Crippen molar-refractivity contribution in [2.75, 3.05) is 19.6 Å². The van der Waals surface area contributed by atoms with Crippen LogP contribution >= 0.6 is 0 Å². The van der Waals surface area contributed by atoms with Crippen LogP contribution < -0.4 is 5.32 Å². The fourth-order valence-corrected chi connectivity index (χ4v) is 2.59. The summed E-state index contributed by atoms with van der Waals surface area (Å²) in [6.45, 7) is 8.20. The topological polar surface area (TPSA) is 15.3 Å². The predicted octanol–water partition coefficient (Wildman–Crippen LogP) is 2.71. The summed E-state index contributed by atoms with van der Waals surface area (Å²) in [5.41, 5.74) is 1.94. The van der Waals surface area contributed by atoms with Gasteiger partial charge in [0.1, 0.15) is 5.82 Å². The van der Waals surface area contributed by atoms with Gasteiger partial charge in [0.2, 0.25) is 0 Å². The van der Waals surface area contributed by atoms with Crippen molar-refractivity contribution in [3.63, 3.8) is 0 Å². The molecule has 100 valence electrons. The van der Waals surface area contributed by atoms with Crippen LogP contribution in [-0.4, -0.2) is 30.6 Å². The highest BCUT2D eigenvalue weighted by Crippen LogP contribution is 2.13. The van der Waals surface area contributed by atoms with Crippen molar-refractivity contribution in [1.29, 1.82) is 0 Å². The van der Waals surface area contributed by atoms with Crippen LogP contribution in [-0.2, 0) is 6.54 Å². The normalized spacial score (nSPS) is 19.7. The molecule has 0 saturated carbocycles. The number of likely N-dealkylation sites (N-methyl/N-ethyl adjacent to an activating group) is 1. The number of halogens is 1. The lowest BCUT2D eigenvalue weighted by Gasteiger charge is -2.24. The van der Waals surface area contributed by atoms with E-state index in [1.54, 1.807) is 6.07 Å². The second-order valence-corrected chi connectivity index (χ2v) is 5.20. The van der Waals surface area contributed by atoms with Crippen molar-refractivity contribution < 1.29 is 4.39 Å². The highest BCUT2D eigenvalue weighted by atomic mass is 19.1. The number of rotatable bonds is 5. The van der Waals surface area contributed by atoms with Crippen LogP contribution in [0.5, 0.6) is 0 Å². The lowest BCUT2D eigenvalue weighted by molar-refractivity contribution is 0.253. The van der Waals surface area contributed by atoms with Gasteiger partial charge in [0, 0.05) is 19.1 Å². The fourth-order valence-electron chi connectivity index (χ4n) is 2.59. The number of aryl methyl sites for hydroxylation is 1. The third-order valence-corrected chi connectivity index (χ3v) is 3.72. The predicted molar refractivity (Wildman–Crippen MR) is 73.1 cm³/mol. The van der Waals surface area contributed by atoms with E-state index in [0.717, 1.165) is 31.7 Å². The Morgan fingerprint density at radius 1 is 1.44 bits per heavy atom. The molecule has 0 bridgehead atoms. The summed E-state index contributed by atoms with van der Waals surface area (Å²) in [5.74, 6) is -0.112. The number of nitrogens with one attached hydrogen (secondary N) is 1. The van der Waals surface area contributed by atoms with Crippen LogP contribution in [0.1, 0.15) is 30.9 Å². The maximum Gasteiger partial charge on any atom is 0.126 e. The molecule has 0 aliphatic carbocycles. The summed E-state index contributed by atoms with van der Waals surface area (Å²) in [7, 11) is 0. The van der Waals surface area contributed by atoms with Crippen molar-refractivity contribution in [2.24, 2.45) is 0 Å². The Hall–Kier alpha value is -0.930. The first kappa shape index (κ1) is 13.5. The quantitative estimate of drug-likeness (QED) is 0.864. The standard InChI is InChI=1S/C15H23FN2/c1-3-18(11-14-5-4-8-17-14)10-13-6-7-15(16)12(2)9-13/h6-7,9,14,17H,3-5,8,10-11H2,1-2H3. The van der Waals surface area contributed by atoms with Crippen LogP contribution in [0.25, 0.3) is 0 Å². The summed E-state index contributed by atoms with van der Waals surface area (Å²) in [6.07, 6.45) is 2.57. The van der Waals surface area contributed by atoms with E-state index >= 15 is 0 Å². The lowest BCUT2D eigenvalue weighted by atomic mass is 10.1. The van der Waals surface area contributed by atoms with Crippen LogP contribution in [0.3, 0.4) is 0 Å². The molecule has 1 aliphatic heterocycles. The van der Waals surface area contributed by atoms with Crippen LogP contribution in [0, 0.1) is 12.7 Å².